The monoisotopic (exact) mass is 599 g/mol. The number of hydrogen-bond acceptors (Lipinski definition) is 6. The van der Waals surface area contributed by atoms with Gasteiger partial charge in [-0.2, -0.15) is 0 Å². The van der Waals surface area contributed by atoms with Crippen LogP contribution in [0.2, 0.25) is 0 Å². The van der Waals surface area contributed by atoms with Gasteiger partial charge in [0.25, 0.3) is 11.8 Å². The SMILES string of the molecule is O=C(NCCc1ccccc1)[C@H]1CN(C(=O)COc2ccc(S(=O)(=O)NCCc3ccccc3)cc2)c2ccccc2O1. The number of carbonyl (C=O) groups is 2. The first-order valence-electron chi connectivity index (χ1n) is 14.0. The smallest absolute Gasteiger partial charge is 0.265 e. The maximum atomic E-state index is 13.3. The van der Waals surface area contributed by atoms with Crippen molar-refractivity contribution in [1.29, 1.82) is 0 Å². The highest BCUT2D eigenvalue weighted by molar-refractivity contribution is 7.89. The molecule has 0 fully saturated rings. The molecule has 0 spiro atoms. The summed E-state index contributed by atoms with van der Waals surface area (Å²) in [5.41, 5.74) is 2.69. The van der Waals surface area contributed by atoms with E-state index in [9.17, 15) is 18.0 Å². The van der Waals surface area contributed by atoms with Crippen molar-refractivity contribution in [2.45, 2.75) is 23.8 Å². The summed E-state index contributed by atoms with van der Waals surface area (Å²) in [6, 6.07) is 32.4. The van der Waals surface area contributed by atoms with Crippen molar-refractivity contribution in [3.05, 3.63) is 120 Å². The number of sulfonamides is 1. The Bertz CT molecular complexity index is 1630. The molecule has 0 unspecified atom stereocenters. The van der Waals surface area contributed by atoms with Gasteiger partial charge in [-0.05, 0) is 60.4 Å². The minimum absolute atomic E-state index is 0.0300. The lowest BCUT2D eigenvalue weighted by Crippen LogP contribution is -2.52. The van der Waals surface area contributed by atoms with Gasteiger partial charge in [0.15, 0.2) is 12.7 Å². The Morgan fingerprint density at radius 3 is 2.07 bits per heavy atom. The van der Waals surface area contributed by atoms with E-state index < -0.39 is 16.1 Å². The summed E-state index contributed by atoms with van der Waals surface area (Å²) in [6.07, 6.45) is 0.369. The lowest BCUT2D eigenvalue weighted by molar-refractivity contribution is -0.128. The van der Waals surface area contributed by atoms with E-state index in [1.165, 1.54) is 29.2 Å². The maximum absolute atomic E-state index is 13.3. The molecule has 1 heterocycles. The first-order valence-corrected chi connectivity index (χ1v) is 15.5. The van der Waals surface area contributed by atoms with Crippen LogP contribution in [0, 0.1) is 0 Å². The van der Waals surface area contributed by atoms with Gasteiger partial charge in [0.1, 0.15) is 11.5 Å². The number of ether oxygens (including phenoxy) is 2. The number of nitrogens with one attached hydrogen (secondary N) is 2. The Labute approximate surface area is 251 Å². The van der Waals surface area contributed by atoms with E-state index in [1.54, 1.807) is 24.3 Å². The predicted molar refractivity (Wildman–Crippen MR) is 164 cm³/mol. The number of hydrogen-bond donors (Lipinski definition) is 2. The molecule has 5 rings (SSSR count). The molecule has 1 aliphatic rings. The number of para-hydroxylation sites is 2. The van der Waals surface area contributed by atoms with Crippen LogP contribution in [0.25, 0.3) is 0 Å². The first-order chi connectivity index (χ1) is 20.9. The quantitative estimate of drug-likeness (QED) is 0.257. The molecule has 0 radical (unpaired) electrons. The molecule has 4 aromatic carbocycles. The van der Waals surface area contributed by atoms with E-state index in [0.717, 1.165) is 11.1 Å². The minimum atomic E-state index is -3.70. The Hall–Kier alpha value is -4.67. The van der Waals surface area contributed by atoms with Gasteiger partial charge < -0.3 is 19.7 Å². The van der Waals surface area contributed by atoms with Crippen LogP contribution in [0.3, 0.4) is 0 Å². The molecule has 2 amide bonds. The zero-order chi connectivity index (χ0) is 30.1. The molecule has 0 bridgehead atoms. The van der Waals surface area contributed by atoms with Crippen LogP contribution in [0.4, 0.5) is 5.69 Å². The number of benzene rings is 4. The summed E-state index contributed by atoms with van der Waals surface area (Å²) in [7, 11) is -3.70. The molecule has 0 saturated carbocycles. The lowest BCUT2D eigenvalue weighted by atomic mass is 10.1. The van der Waals surface area contributed by atoms with Crippen LogP contribution in [0.5, 0.6) is 11.5 Å². The fourth-order valence-corrected chi connectivity index (χ4v) is 5.72. The van der Waals surface area contributed by atoms with Gasteiger partial charge in [0.05, 0.1) is 17.1 Å². The Morgan fingerprint density at radius 2 is 1.40 bits per heavy atom. The normalized spacial score (nSPS) is 14.3. The van der Waals surface area contributed by atoms with E-state index in [2.05, 4.69) is 10.0 Å². The van der Waals surface area contributed by atoms with Gasteiger partial charge in [0.2, 0.25) is 10.0 Å². The van der Waals surface area contributed by atoms with Gasteiger partial charge in [-0.3, -0.25) is 9.59 Å². The topological polar surface area (TPSA) is 114 Å². The third-order valence-electron chi connectivity index (χ3n) is 6.97. The first kappa shape index (κ1) is 29.8. The minimum Gasteiger partial charge on any atom is -0.484 e. The van der Waals surface area contributed by atoms with Crippen LogP contribution in [0.15, 0.2) is 114 Å². The average Bonchev–Trinajstić information content (AvgIpc) is 3.04. The number of anilines is 1. The van der Waals surface area contributed by atoms with Gasteiger partial charge in [-0.25, -0.2) is 13.1 Å². The largest absolute Gasteiger partial charge is 0.484 e. The molecule has 4 aromatic rings. The Morgan fingerprint density at radius 1 is 0.791 bits per heavy atom. The molecule has 1 aliphatic heterocycles. The van der Waals surface area contributed by atoms with Crippen molar-refractivity contribution in [2.75, 3.05) is 31.1 Å². The number of amides is 2. The summed E-state index contributed by atoms with van der Waals surface area (Å²) in [5, 5.41) is 2.90. The summed E-state index contributed by atoms with van der Waals surface area (Å²) < 4.78 is 39.6. The Balaban J connectivity index is 1.15. The highest BCUT2D eigenvalue weighted by atomic mass is 32.2. The van der Waals surface area contributed by atoms with Crippen LogP contribution in [0.1, 0.15) is 11.1 Å². The Kier molecular flexibility index (Phi) is 9.70. The summed E-state index contributed by atoms with van der Waals surface area (Å²) in [6.45, 7) is 0.433. The highest BCUT2D eigenvalue weighted by Gasteiger charge is 2.33. The predicted octanol–water partition coefficient (Wildman–Crippen LogP) is 3.74. The molecule has 43 heavy (non-hydrogen) atoms. The number of nitrogens with zero attached hydrogens (tertiary/aromatic N) is 1. The average molecular weight is 600 g/mol. The van der Waals surface area contributed by atoms with E-state index in [0.29, 0.717) is 36.6 Å². The maximum Gasteiger partial charge on any atom is 0.265 e. The van der Waals surface area contributed by atoms with Crippen LogP contribution >= 0.6 is 0 Å². The standard InChI is InChI=1S/C33H33N3O6S/c37-32(24-41-27-15-17-28(18-16-27)43(39,40)35-22-20-26-11-5-2-6-12-26)36-23-31(42-30-14-8-7-13-29(30)36)33(38)34-21-19-25-9-3-1-4-10-25/h1-18,31,35H,19-24H2,(H,34,38)/t31-/m1/s1. The molecule has 0 aliphatic carbocycles. The molecule has 9 nitrogen and oxygen atoms in total. The van der Waals surface area contributed by atoms with Crippen molar-refractivity contribution in [2.24, 2.45) is 0 Å². The second-order valence-electron chi connectivity index (χ2n) is 10.00. The van der Waals surface area contributed by atoms with Crippen molar-refractivity contribution >= 4 is 27.5 Å². The van der Waals surface area contributed by atoms with E-state index in [4.69, 9.17) is 9.47 Å². The third-order valence-corrected chi connectivity index (χ3v) is 8.44. The molecule has 222 valence electrons. The van der Waals surface area contributed by atoms with Crippen molar-refractivity contribution < 1.29 is 27.5 Å². The third kappa shape index (κ3) is 8.00. The zero-order valence-corrected chi connectivity index (χ0v) is 24.3. The number of fused-ring (bicyclic) bond motifs is 1. The van der Waals surface area contributed by atoms with Gasteiger partial charge in [-0.15, -0.1) is 0 Å². The van der Waals surface area contributed by atoms with E-state index in [-0.39, 0.29) is 36.4 Å². The van der Waals surface area contributed by atoms with Crippen LogP contribution in [-0.2, 0) is 32.5 Å². The molecule has 0 aromatic heterocycles. The molecule has 1 atom stereocenters. The molecule has 2 N–H and O–H groups in total. The van der Waals surface area contributed by atoms with Gasteiger partial charge in [-0.1, -0.05) is 72.8 Å². The van der Waals surface area contributed by atoms with Crippen LogP contribution < -0.4 is 24.4 Å². The van der Waals surface area contributed by atoms with E-state index >= 15 is 0 Å². The van der Waals surface area contributed by atoms with E-state index in [1.807, 2.05) is 60.7 Å². The molecule has 10 heteroatoms. The zero-order valence-electron chi connectivity index (χ0n) is 23.5. The number of rotatable bonds is 12. The second-order valence-corrected chi connectivity index (χ2v) is 11.8. The molecule has 0 saturated heterocycles. The van der Waals surface area contributed by atoms with Crippen molar-refractivity contribution in [3.63, 3.8) is 0 Å². The molecular formula is C33H33N3O6S. The summed E-state index contributed by atoms with van der Waals surface area (Å²) >= 11 is 0. The van der Waals surface area contributed by atoms with Crippen LogP contribution in [-0.4, -0.2) is 52.6 Å². The van der Waals surface area contributed by atoms with Crippen molar-refractivity contribution in [1.82, 2.24) is 10.0 Å². The van der Waals surface area contributed by atoms with Gasteiger partial charge in [0, 0.05) is 13.1 Å². The molecular weight excluding hydrogens is 566 g/mol. The lowest BCUT2D eigenvalue weighted by Gasteiger charge is -2.34. The summed E-state index contributed by atoms with van der Waals surface area (Å²) in [5.74, 6) is 0.100. The fourth-order valence-electron chi connectivity index (χ4n) is 4.69. The second kappa shape index (κ2) is 14.0. The van der Waals surface area contributed by atoms with Gasteiger partial charge >= 0.3 is 0 Å². The number of carbonyl (C=O) groups excluding carboxylic acids is 2. The summed E-state index contributed by atoms with van der Waals surface area (Å²) in [4.78, 5) is 27.8. The fraction of sp³-hybridized carbons (Fsp3) is 0.212. The highest BCUT2D eigenvalue weighted by Crippen LogP contribution is 2.33. The van der Waals surface area contributed by atoms with Crippen molar-refractivity contribution in [3.8, 4) is 11.5 Å².